The molecule has 32 heavy (non-hydrogen) atoms. The van der Waals surface area contributed by atoms with Crippen LogP contribution in [0.3, 0.4) is 0 Å². The zero-order chi connectivity index (χ0) is 23.0. The van der Waals surface area contributed by atoms with E-state index < -0.39 is 17.7 Å². The Labute approximate surface area is 191 Å². The highest BCUT2D eigenvalue weighted by atomic mass is 35.5. The standard InChI is InChI=1S/C23H18Cl2F3N3O/c24-17-10-9-14(11-18(17)25)21(32)13-31-20-8-4-3-7-19(20)30(22(31)29)12-15-5-1-2-6-16(15)23(26,27)28/h1-8,10-11,14,29H,9,12-13H2. The van der Waals surface area contributed by atoms with E-state index in [1.54, 1.807) is 36.4 Å². The maximum Gasteiger partial charge on any atom is 0.416 e. The van der Waals surface area contributed by atoms with Gasteiger partial charge in [0.2, 0.25) is 5.62 Å². The van der Waals surface area contributed by atoms with Crippen molar-refractivity contribution in [1.82, 2.24) is 9.13 Å². The fourth-order valence-electron chi connectivity index (χ4n) is 3.87. The third-order valence-electron chi connectivity index (χ3n) is 5.48. The average molecular weight is 480 g/mol. The van der Waals surface area contributed by atoms with Gasteiger partial charge in [-0.3, -0.25) is 10.2 Å². The first kappa shape index (κ1) is 22.4. The Morgan fingerprint density at radius 1 is 1.00 bits per heavy atom. The number of para-hydroxylation sites is 2. The minimum absolute atomic E-state index is 0.0505. The second-order valence-electron chi connectivity index (χ2n) is 7.51. The molecule has 1 atom stereocenters. The number of imidazole rings is 1. The lowest BCUT2D eigenvalue weighted by Crippen LogP contribution is -2.30. The highest BCUT2D eigenvalue weighted by molar-refractivity contribution is 6.44. The van der Waals surface area contributed by atoms with E-state index in [0.717, 1.165) is 6.07 Å². The Morgan fingerprint density at radius 2 is 1.62 bits per heavy atom. The second kappa shape index (κ2) is 8.64. The number of benzene rings is 2. The number of Topliss-reactive ketones (excluding diaryl/α,β-unsaturated/α-hetero) is 1. The van der Waals surface area contributed by atoms with Gasteiger partial charge in [-0.15, -0.1) is 0 Å². The molecule has 1 N–H and O–H groups in total. The third kappa shape index (κ3) is 4.27. The number of nitrogens with zero attached hydrogens (tertiary/aromatic N) is 2. The molecule has 0 aliphatic heterocycles. The molecule has 9 heteroatoms. The molecule has 1 aromatic heterocycles. The van der Waals surface area contributed by atoms with Crippen LogP contribution in [0.5, 0.6) is 0 Å². The average Bonchev–Trinajstić information content (AvgIpc) is 3.01. The molecule has 2 aromatic carbocycles. The van der Waals surface area contributed by atoms with Gasteiger partial charge in [0, 0.05) is 5.92 Å². The minimum Gasteiger partial charge on any atom is -0.306 e. The summed E-state index contributed by atoms with van der Waals surface area (Å²) in [6, 6.07) is 12.3. The zero-order valence-electron chi connectivity index (χ0n) is 16.7. The molecule has 166 valence electrons. The number of carbonyl (C=O) groups excluding carboxylic acids is 1. The number of ketones is 1. The van der Waals surface area contributed by atoms with Crippen LogP contribution in [0.2, 0.25) is 0 Å². The van der Waals surface area contributed by atoms with Gasteiger partial charge in [-0.1, -0.05) is 65.7 Å². The van der Waals surface area contributed by atoms with Crippen LogP contribution in [-0.4, -0.2) is 14.9 Å². The molecule has 0 bridgehead atoms. The van der Waals surface area contributed by atoms with Crippen molar-refractivity contribution < 1.29 is 18.0 Å². The molecular weight excluding hydrogens is 462 g/mol. The molecule has 4 rings (SSSR count). The third-order valence-corrected chi connectivity index (χ3v) is 6.26. The van der Waals surface area contributed by atoms with Gasteiger partial charge in [0.25, 0.3) is 0 Å². The second-order valence-corrected chi connectivity index (χ2v) is 8.33. The van der Waals surface area contributed by atoms with Crippen molar-refractivity contribution in [3.8, 4) is 0 Å². The summed E-state index contributed by atoms with van der Waals surface area (Å²) >= 11 is 12.0. The summed E-state index contributed by atoms with van der Waals surface area (Å²) < 4.78 is 43.4. The van der Waals surface area contributed by atoms with Gasteiger partial charge in [0.05, 0.1) is 39.8 Å². The topological polar surface area (TPSA) is 50.8 Å². The maximum atomic E-state index is 13.5. The van der Waals surface area contributed by atoms with Gasteiger partial charge in [0.15, 0.2) is 5.78 Å². The number of carbonyl (C=O) groups is 1. The summed E-state index contributed by atoms with van der Waals surface area (Å²) in [5, 5.41) is 9.34. The van der Waals surface area contributed by atoms with Crippen LogP contribution in [0.1, 0.15) is 17.5 Å². The molecule has 0 spiro atoms. The van der Waals surface area contributed by atoms with Crippen LogP contribution < -0.4 is 5.62 Å². The van der Waals surface area contributed by atoms with Crippen molar-refractivity contribution in [2.24, 2.45) is 5.92 Å². The molecule has 0 saturated heterocycles. The van der Waals surface area contributed by atoms with E-state index >= 15 is 0 Å². The first-order valence-electron chi connectivity index (χ1n) is 9.80. The Hall–Kier alpha value is -2.77. The van der Waals surface area contributed by atoms with Crippen molar-refractivity contribution in [1.29, 1.82) is 5.41 Å². The van der Waals surface area contributed by atoms with E-state index in [0.29, 0.717) is 27.5 Å². The molecule has 0 fully saturated rings. The molecule has 1 heterocycles. The largest absolute Gasteiger partial charge is 0.416 e. The summed E-state index contributed by atoms with van der Waals surface area (Å²) in [6.07, 6.45) is -0.834. The van der Waals surface area contributed by atoms with Gasteiger partial charge in [-0.2, -0.15) is 13.2 Å². The number of fused-ring (bicyclic) bond motifs is 1. The number of hydrogen-bond acceptors (Lipinski definition) is 2. The lowest BCUT2D eigenvalue weighted by atomic mass is 9.96. The predicted molar refractivity (Wildman–Crippen MR) is 117 cm³/mol. The Kier molecular flexibility index (Phi) is 6.05. The molecule has 0 radical (unpaired) electrons. The van der Waals surface area contributed by atoms with Crippen LogP contribution in [0, 0.1) is 11.3 Å². The van der Waals surface area contributed by atoms with Gasteiger partial charge in [-0.25, -0.2) is 0 Å². The molecule has 3 aromatic rings. The highest BCUT2D eigenvalue weighted by Crippen LogP contribution is 2.33. The lowest BCUT2D eigenvalue weighted by molar-refractivity contribution is -0.138. The molecule has 1 unspecified atom stereocenters. The summed E-state index contributed by atoms with van der Waals surface area (Å²) in [5.41, 5.74) is 0.410. The highest BCUT2D eigenvalue weighted by Gasteiger charge is 2.33. The molecule has 0 amide bonds. The van der Waals surface area contributed by atoms with Crippen LogP contribution >= 0.6 is 23.2 Å². The number of rotatable bonds is 5. The zero-order valence-corrected chi connectivity index (χ0v) is 18.2. The number of hydrogen-bond donors (Lipinski definition) is 1. The molecule has 1 aliphatic rings. The van der Waals surface area contributed by atoms with E-state index in [9.17, 15) is 18.0 Å². The van der Waals surface area contributed by atoms with E-state index in [1.165, 1.54) is 27.3 Å². The van der Waals surface area contributed by atoms with E-state index in [2.05, 4.69) is 0 Å². The van der Waals surface area contributed by atoms with Gasteiger partial charge >= 0.3 is 6.18 Å². The molecular formula is C23H18Cl2F3N3O. The van der Waals surface area contributed by atoms with Crippen LogP contribution in [0.25, 0.3) is 11.0 Å². The monoisotopic (exact) mass is 479 g/mol. The Morgan fingerprint density at radius 3 is 2.28 bits per heavy atom. The summed E-state index contributed by atoms with van der Waals surface area (Å²) in [4.78, 5) is 12.9. The van der Waals surface area contributed by atoms with Crippen LogP contribution in [0.4, 0.5) is 13.2 Å². The normalized spacial score (nSPS) is 16.7. The molecule has 0 saturated carbocycles. The molecule has 4 nitrogen and oxygen atoms in total. The smallest absolute Gasteiger partial charge is 0.306 e. The number of halogens is 5. The SMILES string of the molecule is N=c1n(CC(=O)C2C=C(Cl)C(Cl)=CC2)c2ccccc2n1Cc1ccccc1C(F)(F)F. The van der Waals surface area contributed by atoms with Crippen molar-refractivity contribution >= 4 is 40.0 Å². The van der Waals surface area contributed by atoms with Gasteiger partial charge in [0.1, 0.15) is 0 Å². The van der Waals surface area contributed by atoms with Crippen molar-refractivity contribution in [2.75, 3.05) is 0 Å². The van der Waals surface area contributed by atoms with E-state index in [1.807, 2.05) is 0 Å². The first-order valence-corrected chi connectivity index (χ1v) is 10.6. The summed E-state index contributed by atoms with van der Waals surface area (Å²) in [5.74, 6) is -0.648. The Balaban J connectivity index is 1.73. The van der Waals surface area contributed by atoms with Gasteiger partial charge in [-0.05, 0) is 30.2 Å². The van der Waals surface area contributed by atoms with Crippen LogP contribution in [-0.2, 0) is 24.1 Å². The Bertz CT molecular complexity index is 1320. The predicted octanol–water partition coefficient (Wildman–Crippen LogP) is 5.82. The van der Waals surface area contributed by atoms with E-state index in [4.69, 9.17) is 28.6 Å². The quantitative estimate of drug-likeness (QED) is 0.492. The van der Waals surface area contributed by atoms with Gasteiger partial charge < -0.3 is 9.13 Å². The van der Waals surface area contributed by atoms with Crippen molar-refractivity contribution in [2.45, 2.75) is 25.7 Å². The summed E-state index contributed by atoms with van der Waals surface area (Å²) in [7, 11) is 0. The first-order chi connectivity index (χ1) is 15.2. The van der Waals surface area contributed by atoms with Crippen molar-refractivity contribution in [3.05, 3.63) is 87.5 Å². The van der Waals surface area contributed by atoms with E-state index in [-0.39, 0.29) is 30.1 Å². The number of allylic oxidation sites excluding steroid dienone is 4. The minimum atomic E-state index is -4.50. The van der Waals surface area contributed by atoms with Crippen molar-refractivity contribution in [3.63, 3.8) is 0 Å². The number of aromatic nitrogens is 2. The van der Waals surface area contributed by atoms with Crippen LogP contribution in [0.15, 0.2) is 70.7 Å². The number of nitrogens with one attached hydrogen (secondary N) is 1. The molecule has 1 aliphatic carbocycles. The fraction of sp³-hybridized carbons (Fsp3) is 0.217. The number of alkyl halides is 3. The fourth-order valence-corrected chi connectivity index (χ4v) is 4.25. The maximum absolute atomic E-state index is 13.5. The summed E-state index contributed by atoms with van der Waals surface area (Å²) in [6.45, 7) is -0.256. The lowest BCUT2D eigenvalue weighted by Gasteiger charge is -2.15.